The molecule has 0 bridgehead atoms. The van der Waals surface area contributed by atoms with Gasteiger partial charge in [-0.3, -0.25) is 14.4 Å². The van der Waals surface area contributed by atoms with Gasteiger partial charge in [0.1, 0.15) is 29.1 Å². The highest BCUT2D eigenvalue weighted by molar-refractivity contribution is 7.16. The number of amides is 2. The first-order valence-electron chi connectivity index (χ1n) is 10.6. The Hall–Kier alpha value is -4.16. The molecule has 1 aromatic heterocycles. The summed E-state index contributed by atoms with van der Waals surface area (Å²) in [5, 5.41) is 15.0. The molecule has 0 atom stereocenters. The number of nitrogens with zero attached hydrogens (tertiary/aromatic N) is 1. The lowest BCUT2D eigenvalue weighted by atomic mass is 10.1. The third-order valence-electron chi connectivity index (χ3n) is 5.14. The molecule has 0 unspecified atom stereocenters. The van der Waals surface area contributed by atoms with Gasteiger partial charge in [-0.2, -0.15) is 5.26 Å². The van der Waals surface area contributed by atoms with Gasteiger partial charge < -0.3 is 20.1 Å². The molecule has 9 heteroatoms. The largest absolute Gasteiger partial charge is 0.457 e. The molecule has 8 nitrogen and oxygen atoms in total. The van der Waals surface area contributed by atoms with E-state index in [-0.39, 0.29) is 6.54 Å². The van der Waals surface area contributed by atoms with Crippen molar-refractivity contribution in [1.29, 1.82) is 5.26 Å². The van der Waals surface area contributed by atoms with Crippen molar-refractivity contribution in [2.24, 2.45) is 0 Å². The standard InChI is InChI=1S/C25H21N3O5S/c26-13-20-19-7-4-8-21(19)34-25(20)28-22(29)15-32-23(30)14-27-24(31)16-9-11-18(12-10-16)33-17-5-2-1-3-6-17/h1-3,5-6,9-12H,4,7-8,14-15H2,(H,27,31)(H,28,29). The van der Waals surface area contributed by atoms with E-state index in [0.29, 0.717) is 27.6 Å². The number of carbonyl (C=O) groups is 3. The van der Waals surface area contributed by atoms with Crippen LogP contribution in [0, 0.1) is 11.3 Å². The zero-order valence-electron chi connectivity index (χ0n) is 18.1. The number of hydrogen-bond donors (Lipinski definition) is 2. The predicted molar refractivity (Wildman–Crippen MR) is 126 cm³/mol. The van der Waals surface area contributed by atoms with Crippen LogP contribution in [0.4, 0.5) is 5.00 Å². The smallest absolute Gasteiger partial charge is 0.325 e. The van der Waals surface area contributed by atoms with E-state index < -0.39 is 24.4 Å². The van der Waals surface area contributed by atoms with Gasteiger partial charge in [-0.25, -0.2) is 0 Å². The van der Waals surface area contributed by atoms with Crippen LogP contribution in [0.25, 0.3) is 0 Å². The molecule has 1 heterocycles. The quantitative estimate of drug-likeness (QED) is 0.479. The molecule has 1 aliphatic rings. The number of para-hydroxylation sites is 1. The fourth-order valence-electron chi connectivity index (χ4n) is 3.52. The Morgan fingerprint density at radius 1 is 1.00 bits per heavy atom. The average molecular weight is 476 g/mol. The van der Waals surface area contributed by atoms with E-state index in [1.165, 1.54) is 11.3 Å². The molecule has 172 valence electrons. The van der Waals surface area contributed by atoms with Gasteiger partial charge in [0.05, 0.1) is 5.56 Å². The van der Waals surface area contributed by atoms with Crippen molar-refractivity contribution in [3.8, 4) is 17.6 Å². The topological polar surface area (TPSA) is 118 Å². The van der Waals surface area contributed by atoms with E-state index >= 15 is 0 Å². The Morgan fingerprint density at radius 3 is 2.47 bits per heavy atom. The Morgan fingerprint density at radius 2 is 1.74 bits per heavy atom. The molecule has 2 aromatic carbocycles. The predicted octanol–water partition coefficient (Wildman–Crippen LogP) is 3.81. The maximum absolute atomic E-state index is 12.3. The van der Waals surface area contributed by atoms with Crippen molar-refractivity contribution in [3.63, 3.8) is 0 Å². The normalized spacial score (nSPS) is 11.7. The van der Waals surface area contributed by atoms with E-state index in [2.05, 4.69) is 16.7 Å². The second-order valence-corrected chi connectivity index (χ2v) is 8.61. The van der Waals surface area contributed by atoms with Gasteiger partial charge in [0.25, 0.3) is 11.8 Å². The number of fused-ring (bicyclic) bond motifs is 1. The maximum Gasteiger partial charge on any atom is 0.325 e. The average Bonchev–Trinajstić information content (AvgIpc) is 3.43. The van der Waals surface area contributed by atoms with Crippen molar-refractivity contribution in [2.75, 3.05) is 18.5 Å². The highest BCUT2D eigenvalue weighted by atomic mass is 32.1. The molecule has 0 radical (unpaired) electrons. The molecule has 4 rings (SSSR count). The van der Waals surface area contributed by atoms with Gasteiger partial charge in [-0.05, 0) is 61.2 Å². The van der Waals surface area contributed by atoms with Gasteiger partial charge in [0.15, 0.2) is 6.61 Å². The highest BCUT2D eigenvalue weighted by Gasteiger charge is 2.23. The van der Waals surface area contributed by atoms with Crippen LogP contribution >= 0.6 is 11.3 Å². The minimum absolute atomic E-state index is 0.348. The number of thiophene rings is 1. The van der Waals surface area contributed by atoms with E-state index in [0.717, 1.165) is 29.7 Å². The van der Waals surface area contributed by atoms with E-state index in [1.807, 2.05) is 30.3 Å². The second kappa shape index (κ2) is 10.6. The molecule has 3 aromatic rings. The minimum Gasteiger partial charge on any atom is -0.457 e. The van der Waals surface area contributed by atoms with E-state index in [4.69, 9.17) is 9.47 Å². The summed E-state index contributed by atoms with van der Waals surface area (Å²) in [5.74, 6) is -0.492. The maximum atomic E-state index is 12.3. The number of benzene rings is 2. The van der Waals surface area contributed by atoms with Gasteiger partial charge in [0.2, 0.25) is 0 Å². The van der Waals surface area contributed by atoms with Crippen LogP contribution < -0.4 is 15.4 Å². The minimum atomic E-state index is -0.748. The molecule has 0 fully saturated rings. The van der Waals surface area contributed by atoms with Gasteiger partial charge in [-0.15, -0.1) is 11.3 Å². The number of aryl methyl sites for hydroxylation is 1. The number of ether oxygens (including phenoxy) is 2. The lowest BCUT2D eigenvalue weighted by molar-refractivity contribution is -0.146. The molecule has 0 aliphatic heterocycles. The summed E-state index contributed by atoms with van der Waals surface area (Å²) in [5.41, 5.74) is 1.84. The first-order valence-corrected chi connectivity index (χ1v) is 11.5. The first-order chi connectivity index (χ1) is 16.5. The lowest BCUT2D eigenvalue weighted by Crippen LogP contribution is -2.32. The van der Waals surface area contributed by atoms with Crippen LogP contribution in [0.1, 0.15) is 32.8 Å². The summed E-state index contributed by atoms with van der Waals surface area (Å²) in [6.45, 7) is -0.890. The van der Waals surface area contributed by atoms with Crippen LogP contribution in [-0.2, 0) is 27.2 Å². The fraction of sp³-hybridized carbons (Fsp3) is 0.200. The summed E-state index contributed by atoms with van der Waals surface area (Å²) in [4.78, 5) is 37.5. The summed E-state index contributed by atoms with van der Waals surface area (Å²) in [6, 6.07) is 17.9. The first kappa shape index (κ1) is 23.0. The lowest BCUT2D eigenvalue weighted by Gasteiger charge is -2.08. The summed E-state index contributed by atoms with van der Waals surface area (Å²) in [7, 11) is 0. The molecular weight excluding hydrogens is 454 g/mol. The number of nitriles is 1. The second-order valence-electron chi connectivity index (χ2n) is 7.50. The SMILES string of the molecule is N#Cc1c(NC(=O)COC(=O)CNC(=O)c2ccc(Oc3ccccc3)cc2)sc2c1CCC2. The van der Waals surface area contributed by atoms with Crippen LogP contribution in [-0.4, -0.2) is 30.9 Å². The highest BCUT2D eigenvalue weighted by Crippen LogP contribution is 2.38. The Bertz CT molecular complexity index is 1250. The van der Waals surface area contributed by atoms with Crippen molar-refractivity contribution >= 4 is 34.1 Å². The molecule has 34 heavy (non-hydrogen) atoms. The molecule has 0 spiro atoms. The molecule has 1 aliphatic carbocycles. The number of hydrogen-bond acceptors (Lipinski definition) is 7. The molecule has 2 amide bonds. The Balaban J connectivity index is 1.21. The summed E-state index contributed by atoms with van der Waals surface area (Å²) >= 11 is 1.39. The summed E-state index contributed by atoms with van der Waals surface area (Å²) < 4.78 is 10.6. The monoisotopic (exact) mass is 475 g/mol. The fourth-order valence-corrected chi connectivity index (χ4v) is 4.78. The third-order valence-corrected chi connectivity index (χ3v) is 6.35. The van der Waals surface area contributed by atoms with Crippen LogP contribution in [0.3, 0.4) is 0 Å². The molecule has 0 saturated heterocycles. The van der Waals surface area contributed by atoms with E-state index in [1.54, 1.807) is 24.3 Å². The van der Waals surface area contributed by atoms with E-state index in [9.17, 15) is 19.6 Å². The number of rotatable bonds is 8. The third kappa shape index (κ3) is 5.60. The van der Waals surface area contributed by atoms with Crippen LogP contribution in [0.2, 0.25) is 0 Å². The molecule has 0 saturated carbocycles. The number of anilines is 1. The van der Waals surface area contributed by atoms with Crippen molar-refractivity contribution in [2.45, 2.75) is 19.3 Å². The molecule has 2 N–H and O–H groups in total. The Labute approximate surface area is 200 Å². The van der Waals surface area contributed by atoms with Crippen molar-refractivity contribution in [3.05, 3.63) is 76.2 Å². The summed E-state index contributed by atoms with van der Waals surface area (Å²) in [6.07, 6.45) is 2.75. The van der Waals surface area contributed by atoms with Gasteiger partial charge >= 0.3 is 5.97 Å². The molecular formula is C25H21N3O5S. The van der Waals surface area contributed by atoms with Crippen molar-refractivity contribution in [1.82, 2.24) is 5.32 Å². The van der Waals surface area contributed by atoms with Gasteiger partial charge in [-0.1, -0.05) is 18.2 Å². The number of nitrogens with one attached hydrogen (secondary N) is 2. The van der Waals surface area contributed by atoms with Crippen LogP contribution in [0.5, 0.6) is 11.5 Å². The Kier molecular flexibility index (Phi) is 7.20. The number of esters is 1. The number of carbonyl (C=O) groups excluding carboxylic acids is 3. The van der Waals surface area contributed by atoms with Crippen molar-refractivity contribution < 1.29 is 23.9 Å². The van der Waals surface area contributed by atoms with Crippen LogP contribution in [0.15, 0.2) is 54.6 Å². The van der Waals surface area contributed by atoms with Gasteiger partial charge in [0, 0.05) is 10.4 Å². The zero-order chi connectivity index (χ0) is 23.9. The zero-order valence-corrected chi connectivity index (χ0v) is 18.9.